The lowest BCUT2D eigenvalue weighted by Crippen LogP contribution is -2.37. The fourth-order valence-electron chi connectivity index (χ4n) is 2.96. The van der Waals surface area contributed by atoms with Crippen molar-refractivity contribution >= 4 is 5.69 Å². The Morgan fingerprint density at radius 2 is 2.32 bits per heavy atom. The number of nitro benzene ring substituents is 1. The van der Waals surface area contributed by atoms with Crippen molar-refractivity contribution in [2.45, 2.75) is 32.8 Å². The predicted octanol–water partition coefficient (Wildman–Crippen LogP) is 2.76. The first-order valence-electron chi connectivity index (χ1n) is 7.82. The number of hydrogen-bond acceptors (Lipinski definition) is 5. The Bertz CT molecular complexity index is 521. The Morgan fingerprint density at radius 1 is 1.55 bits per heavy atom. The van der Waals surface area contributed by atoms with Crippen LogP contribution in [-0.2, 0) is 0 Å². The molecule has 1 heterocycles. The monoisotopic (exact) mass is 308 g/mol. The standard InChI is InChI=1S/C16H24N2O4/c1-3-22-16-7-6-13(9-14(16)18(20)21)15(19)11-17-8-4-5-12(2)10-17/h6-7,9,12,15,19H,3-5,8,10-11H2,1-2H3. The van der Waals surface area contributed by atoms with Crippen LogP contribution in [-0.4, -0.2) is 41.2 Å². The van der Waals surface area contributed by atoms with Gasteiger partial charge in [0.2, 0.25) is 0 Å². The first-order valence-corrected chi connectivity index (χ1v) is 7.82. The fourth-order valence-corrected chi connectivity index (χ4v) is 2.96. The molecule has 0 bridgehead atoms. The summed E-state index contributed by atoms with van der Waals surface area (Å²) < 4.78 is 5.26. The van der Waals surface area contributed by atoms with Crippen LogP contribution in [0.1, 0.15) is 38.4 Å². The lowest BCUT2D eigenvalue weighted by atomic mass is 9.99. The zero-order chi connectivity index (χ0) is 16.1. The van der Waals surface area contributed by atoms with Crippen LogP contribution < -0.4 is 4.74 Å². The van der Waals surface area contributed by atoms with Gasteiger partial charge in [-0.15, -0.1) is 0 Å². The molecule has 1 aliphatic heterocycles. The minimum absolute atomic E-state index is 0.0922. The predicted molar refractivity (Wildman–Crippen MR) is 84.1 cm³/mol. The van der Waals surface area contributed by atoms with Crippen molar-refractivity contribution in [3.05, 3.63) is 33.9 Å². The minimum atomic E-state index is -0.723. The molecule has 0 radical (unpaired) electrons. The van der Waals surface area contributed by atoms with E-state index in [9.17, 15) is 15.2 Å². The molecule has 2 rings (SSSR count). The van der Waals surface area contributed by atoms with Crippen molar-refractivity contribution in [2.24, 2.45) is 5.92 Å². The first-order chi connectivity index (χ1) is 10.5. The van der Waals surface area contributed by atoms with Crippen molar-refractivity contribution < 1.29 is 14.8 Å². The van der Waals surface area contributed by atoms with Gasteiger partial charge in [-0.25, -0.2) is 0 Å². The van der Waals surface area contributed by atoms with Crippen LogP contribution in [0, 0.1) is 16.0 Å². The third-order valence-electron chi connectivity index (χ3n) is 4.04. The summed E-state index contributed by atoms with van der Waals surface area (Å²) in [5, 5.41) is 21.5. The van der Waals surface area contributed by atoms with E-state index in [0.29, 0.717) is 24.6 Å². The smallest absolute Gasteiger partial charge is 0.311 e. The molecule has 1 aromatic carbocycles. The Balaban J connectivity index is 2.10. The van der Waals surface area contributed by atoms with Gasteiger partial charge >= 0.3 is 5.69 Å². The van der Waals surface area contributed by atoms with Crippen LogP contribution in [0.25, 0.3) is 0 Å². The maximum atomic E-state index is 11.1. The molecule has 22 heavy (non-hydrogen) atoms. The van der Waals surface area contributed by atoms with E-state index in [0.717, 1.165) is 19.5 Å². The number of benzene rings is 1. The van der Waals surface area contributed by atoms with Crippen molar-refractivity contribution in [1.29, 1.82) is 0 Å². The Labute approximate surface area is 130 Å². The molecule has 6 nitrogen and oxygen atoms in total. The van der Waals surface area contributed by atoms with Crippen LogP contribution in [0.3, 0.4) is 0 Å². The second kappa shape index (κ2) is 7.56. The molecule has 2 atom stereocenters. The largest absolute Gasteiger partial charge is 0.487 e. The molecule has 122 valence electrons. The average molecular weight is 308 g/mol. The summed E-state index contributed by atoms with van der Waals surface area (Å²) in [6.07, 6.45) is 1.64. The van der Waals surface area contributed by atoms with Gasteiger partial charge in [0.1, 0.15) is 0 Å². The molecule has 0 aromatic heterocycles. The molecule has 0 saturated carbocycles. The Hall–Kier alpha value is -1.66. The highest BCUT2D eigenvalue weighted by Crippen LogP contribution is 2.31. The number of aliphatic hydroxyl groups is 1. The van der Waals surface area contributed by atoms with E-state index in [2.05, 4.69) is 11.8 Å². The third-order valence-corrected chi connectivity index (χ3v) is 4.04. The lowest BCUT2D eigenvalue weighted by Gasteiger charge is -2.32. The highest BCUT2D eigenvalue weighted by atomic mass is 16.6. The molecular weight excluding hydrogens is 284 g/mol. The number of hydrogen-bond donors (Lipinski definition) is 1. The van der Waals surface area contributed by atoms with E-state index in [1.54, 1.807) is 19.1 Å². The first kappa shape index (κ1) is 16.7. The van der Waals surface area contributed by atoms with E-state index >= 15 is 0 Å². The lowest BCUT2D eigenvalue weighted by molar-refractivity contribution is -0.386. The number of nitro groups is 1. The average Bonchev–Trinajstić information content (AvgIpc) is 2.47. The summed E-state index contributed by atoms with van der Waals surface area (Å²) in [6, 6.07) is 4.69. The summed E-state index contributed by atoms with van der Waals surface area (Å²) in [4.78, 5) is 12.9. The number of aliphatic hydroxyl groups excluding tert-OH is 1. The quantitative estimate of drug-likeness (QED) is 0.646. The van der Waals surface area contributed by atoms with E-state index in [4.69, 9.17) is 4.74 Å². The summed E-state index contributed by atoms with van der Waals surface area (Å²) in [6.45, 7) is 6.81. The van der Waals surface area contributed by atoms with Crippen molar-refractivity contribution in [1.82, 2.24) is 4.90 Å². The molecule has 1 saturated heterocycles. The normalized spacial score (nSPS) is 20.6. The van der Waals surface area contributed by atoms with Gasteiger partial charge in [0, 0.05) is 19.2 Å². The van der Waals surface area contributed by atoms with Gasteiger partial charge < -0.3 is 14.7 Å². The molecule has 1 aliphatic rings. The maximum absolute atomic E-state index is 11.1. The van der Waals surface area contributed by atoms with Crippen LogP contribution in [0.4, 0.5) is 5.69 Å². The number of piperidine rings is 1. The van der Waals surface area contributed by atoms with Crippen LogP contribution in [0.2, 0.25) is 0 Å². The topological polar surface area (TPSA) is 75.8 Å². The van der Waals surface area contributed by atoms with E-state index in [1.165, 1.54) is 12.5 Å². The molecule has 1 aromatic rings. The van der Waals surface area contributed by atoms with E-state index in [-0.39, 0.29) is 11.4 Å². The molecule has 1 fully saturated rings. The van der Waals surface area contributed by atoms with Crippen molar-refractivity contribution in [3.63, 3.8) is 0 Å². The summed E-state index contributed by atoms with van der Waals surface area (Å²) in [7, 11) is 0. The second-order valence-corrected chi connectivity index (χ2v) is 5.94. The Kier molecular flexibility index (Phi) is 5.74. The van der Waals surface area contributed by atoms with E-state index in [1.807, 2.05) is 0 Å². The molecule has 0 amide bonds. The number of likely N-dealkylation sites (tertiary alicyclic amines) is 1. The second-order valence-electron chi connectivity index (χ2n) is 5.94. The summed E-state index contributed by atoms with van der Waals surface area (Å²) >= 11 is 0. The number of β-amino-alcohol motifs (C(OH)–C–C–N with tert-alkyl or cyclic N) is 1. The zero-order valence-electron chi connectivity index (χ0n) is 13.2. The minimum Gasteiger partial charge on any atom is -0.487 e. The molecule has 0 aliphatic carbocycles. The third kappa shape index (κ3) is 4.18. The van der Waals surface area contributed by atoms with Gasteiger partial charge in [0.05, 0.1) is 17.6 Å². The number of ether oxygens (including phenoxy) is 1. The molecular formula is C16H24N2O4. The maximum Gasteiger partial charge on any atom is 0.311 e. The van der Waals surface area contributed by atoms with Gasteiger partial charge in [-0.05, 0) is 43.9 Å². The van der Waals surface area contributed by atoms with Gasteiger partial charge in [0.25, 0.3) is 0 Å². The SMILES string of the molecule is CCOc1ccc(C(O)CN2CCCC(C)C2)cc1[N+](=O)[O-]. The molecule has 1 N–H and O–H groups in total. The summed E-state index contributed by atoms with van der Waals surface area (Å²) in [5.41, 5.74) is 0.471. The molecule has 0 spiro atoms. The van der Waals surface area contributed by atoms with Gasteiger partial charge in [-0.3, -0.25) is 10.1 Å². The van der Waals surface area contributed by atoms with Gasteiger partial charge in [-0.1, -0.05) is 13.0 Å². The Morgan fingerprint density at radius 3 is 2.95 bits per heavy atom. The zero-order valence-corrected chi connectivity index (χ0v) is 13.2. The van der Waals surface area contributed by atoms with Gasteiger partial charge in [-0.2, -0.15) is 0 Å². The number of rotatable bonds is 6. The van der Waals surface area contributed by atoms with Crippen LogP contribution in [0.5, 0.6) is 5.75 Å². The number of nitrogens with zero attached hydrogens (tertiary/aromatic N) is 2. The van der Waals surface area contributed by atoms with E-state index < -0.39 is 11.0 Å². The van der Waals surface area contributed by atoms with Crippen LogP contribution in [0.15, 0.2) is 18.2 Å². The van der Waals surface area contributed by atoms with Crippen molar-refractivity contribution in [2.75, 3.05) is 26.2 Å². The molecule has 6 heteroatoms. The highest BCUT2D eigenvalue weighted by Gasteiger charge is 2.22. The summed E-state index contributed by atoms with van der Waals surface area (Å²) in [5.74, 6) is 0.880. The fraction of sp³-hybridized carbons (Fsp3) is 0.625. The van der Waals surface area contributed by atoms with Crippen molar-refractivity contribution in [3.8, 4) is 5.75 Å². The molecule has 2 unspecified atom stereocenters. The highest BCUT2D eigenvalue weighted by molar-refractivity contribution is 5.49. The van der Waals surface area contributed by atoms with Gasteiger partial charge in [0.15, 0.2) is 5.75 Å². The van der Waals surface area contributed by atoms with Crippen LogP contribution >= 0.6 is 0 Å².